The van der Waals surface area contributed by atoms with E-state index in [9.17, 15) is 14.9 Å². The van der Waals surface area contributed by atoms with Crippen molar-refractivity contribution in [3.8, 4) is 0 Å². The second-order valence-corrected chi connectivity index (χ2v) is 5.88. The van der Waals surface area contributed by atoms with Crippen LogP contribution in [0.25, 0.3) is 0 Å². The lowest BCUT2D eigenvalue weighted by atomic mass is 9.76. The quantitative estimate of drug-likeness (QED) is 0.357. The summed E-state index contributed by atoms with van der Waals surface area (Å²) in [4.78, 5) is 21.9. The molecule has 0 amide bonds. The van der Waals surface area contributed by atoms with Crippen molar-refractivity contribution in [1.82, 2.24) is 0 Å². The molecule has 1 aromatic rings. The molecule has 118 valence electrons. The van der Waals surface area contributed by atoms with Gasteiger partial charge in [-0.3, -0.25) is 10.1 Å². The van der Waals surface area contributed by atoms with Gasteiger partial charge in [0.15, 0.2) is 0 Å². The highest BCUT2D eigenvalue weighted by molar-refractivity contribution is 5.86. The molecule has 22 heavy (non-hydrogen) atoms. The molecule has 0 aromatic heterocycles. The Morgan fingerprint density at radius 1 is 1.32 bits per heavy atom. The molecule has 2 rings (SSSR count). The lowest BCUT2D eigenvalue weighted by Crippen LogP contribution is -2.24. The minimum Gasteiger partial charge on any atom is -0.462 e. The lowest BCUT2D eigenvalue weighted by Gasteiger charge is -2.31. The number of rotatable bonds is 5. The Labute approximate surface area is 130 Å². The Kier molecular flexibility index (Phi) is 5.31. The van der Waals surface area contributed by atoms with Gasteiger partial charge in [0, 0.05) is 17.7 Å². The molecular formula is C17H21NO4. The van der Waals surface area contributed by atoms with Crippen molar-refractivity contribution in [1.29, 1.82) is 0 Å². The smallest absolute Gasteiger partial charge is 0.333 e. The summed E-state index contributed by atoms with van der Waals surface area (Å²) >= 11 is 0. The SMILES string of the molecule is C=C(C)C(=O)OCC1CCCCC1c1ccc([N+](=O)[O-])cc1. The summed E-state index contributed by atoms with van der Waals surface area (Å²) in [5.41, 5.74) is 1.59. The Balaban J connectivity index is 2.07. The predicted octanol–water partition coefficient (Wildman–Crippen LogP) is 3.99. The summed E-state index contributed by atoms with van der Waals surface area (Å²) in [5.74, 6) is 0.194. The Morgan fingerprint density at radius 2 is 1.95 bits per heavy atom. The third kappa shape index (κ3) is 3.93. The molecule has 1 aliphatic carbocycles. The van der Waals surface area contributed by atoms with Crippen LogP contribution in [0.1, 0.15) is 44.1 Å². The van der Waals surface area contributed by atoms with Crippen LogP contribution in [0.15, 0.2) is 36.4 Å². The summed E-state index contributed by atoms with van der Waals surface area (Å²) in [6, 6.07) is 6.73. The number of benzene rings is 1. The van der Waals surface area contributed by atoms with Gasteiger partial charge in [-0.2, -0.15) is 0 Å². The first kappa shape index (κ1) is 16.2. The second-order valence-electron chi connectivity index (χ2n) is 5.88. The maximum Gasteiger partial charge on any atom is 0.333 e. The zero-order valence-electron chi connectivity index (χ0n) is 12.8. The van der Waals surface area contributed by atoms with Gasteiger partial charge in [0.25, 0.3) is 5.69 Å². The molecule has 0 radical (unpaired) electrons. The highest BCUT2D eigenvalue weighted by Crippen LogP contribution is 2.38. The number of nitrogens with zero attached hydrogens (tertiary/aromatic N) is 1. The summed E-state index contributed by atoms with van der Waals surface area (Å²) < 4.78 is 5.31. The molecule has 5 nitrogen and oxygen atoms in total. The normalized spacial score (nSPS) is 21.1. The van der Waals surface area contributed by atoms with Crippen molar-refractivity contribution in [2.45, 2.75) is 38.5 Å². The monoisotopic (exact) mass is 303 g/mol. The van der Waals surface area contributed by atoms with Crippen molar-refractivity contribution >= 4 is 11.7 Å². The fraction of sp³-hybridized carbons (Fsp3) is 0.471. The van der Waals surface area contributed by atoms with Crippen LogP contribution in [0.5, 0.6) is 0 Å². The van der Waals surface area contributed by atoms with Crippen molar-refractivity contribution in [3.63, 3.8) is 0 Å². The van der Waals surface area contributed by atoms with Gasteiger partial charge in [0.05, 0.1) is 11.5 Å². The maximum absolute atomic E-state index is 11.6. The molecule has 1 saturated carbocycles. The van der Waals surface area contributed by atoms with E-state index in [1.807, 2.05) is 12.1 Å². The average Bonchev–Trinajstić information content (AvgIpc) is 2.52. The van der Waals surface area contributed by atoms with E-state index in [1.54, 1.807) is 19.1 Å². The van der Waals surface area contributed by atoms with E-state index in [2.05, 4.69) is 6.58 Å². The van der Waals surface area contributed by atoms with Gasteiger partial charge < -0.3 is 4.74 Å². The van der Waals surface area contributed by atoms with Gasteiger partial charge in [-0.05, 0) is 37.2 Å². The van der Waals surface area contributed by atoms with Crippen molar-refractivity contribution in [2.75, 3.05) is 6.61 Å². The topological polar surface area (TPSA) is 69.4 Å². The first-order valence-electron chi connectivity index (χ1n) is 7.56. The largest absolute Gasteiger partial charge is 0.462 e. The molecule has 1 aromatic carbocycles. The van der Waals surface area contributed by atoms with Crippen LogP contribution in [-0.4, -0.2) is 17.5 Å². The van der Waals surface area contributed by atoms with Crippen LogP contribution in [0.3, 0.4) is 0 Å². The van der Waals surface area contributed by atoms with Crippen LogP contribution in [0.2, 0.25) is 0 Å². The highest BCUT2D eigenvalue weighted by Gasteiger charge is 2.28. The molecule has 2 atom stereocenters. The molecule has 5 heteroatoms. The van der Waals surface area contributed by atoms with Crippen molar-refractivity contribution < 1.29 is 14.5 Å². The number of nitro benzene ring substituents is 1. The van der Waals surface area contributed by atoms with Crippen LogP contribution >= 0.6 is 0 Å². The number of carbonyl (C=O) groups excluding carboxylic acids is 1. The molecule has 2 unspecified atom stereocenters. The average molecular weight is 303 g/mol. The molecular weight excluding hydrogens is 282 g/mol. The maximum atomic E-state index is 11.6. The minimum atomic E-state index is -0.392. The third-order valence-corrected chi connectivity index (χ3v) is 4.22. The molecule has 0 saturated heterocycles. The van der Waals surface area contributed by atoms with E-state index in [4.69, 9.17) is 4.74 Å². The van der Waals surface area contributed by atoms with Gasteiger partial charge in [-0.1, -0.05) is 31.6 Å². The molecule has 0 heterocycles. The molecule has 1 fully saturated rings. The summed E-state index contributed by atoms with van der Waals surface area (Å²) in [6.45, 7) is 5.60. The number of hydrogen-bond donors (Lipinski definition) is 0. The number of non-ortho nitro benzene ring substituents is 1. The molecule has 0 bridgehead atoms. The van der Waals surface area contributed by atoms with E-state index in [0.29, 0.717) is 12.2 Å². The molecule has 1 aliphatic rings. The standard InChI is InChI=1S/C17H21NO4/c1-12(2)17(19)22-11-14-5-3-4-6-16(14)13-7-9-15(10-8-13)18(20)21/h7-10,14,16H,1,3-6,11H2,2H3. The van der Waals surface area contributed by atoms with Gasteiger partial charge >= 0.3 is 5.97 Å². The second kappa shape index (κ2) is 7.20. The fourth-order valence-electron chi connectivity index (χ4n) is 3.00. The number of carbonyl (C=O) groups is 1. The van der Waals surface area contributed by atoms with E-state index in [0.717, 1.165) is 31.2 Å². The Hall–Kier alpha value is -2.17. The number of esters is 1. The number of nitro groups is 1. The summed E-state index contributed by atoms with van der Waals surface area (Å²) in [6.07, 6.45) is 4.28. The zero-order valence-corrected chi connectivity index (χ0v) is 12.8. The van der Waals surface area contributed by atoms with Gasteiger partial charge in [0.2, 0.25) is 0 Å². The van der Waals surface area contributed by atoms with Crippen molar-refractivity contribution in [3.05, 3.63) is 52.1 Å². The molecule has 0 N–H and O–H groups in total. The van der Waals surface area contributed by atoms with Crippen LogP contribution in [0, 0.1) is 16.0 Å². The van der Waals surface area contributed by atoms with Gasteiger partial charge in [0.1, 0.15) is 0 Å². The van der Waals surface area contributed by atoms with Crippen LogP contribution in [0.4, 0.5) is 5.69 Å². The number of ether oxygens (including phenoxy) is 1. The van der Waals surface area contributed by atoms with Crippen LogP contribution < -0.4 is 0 Å². The minimum absolute atomic E-state index is 0.102. The predicted molar refractivity (Wildman–Crippen MR) is 83.6 cm³/mol. The van der Waals surface area contributed by atoms with E-state index < -0.39 is 4.92 Å². The summed E-state index contributed by atoms with van der Waals surface area (Å²) in [7, 11) is 0. The highest BCUT2D eigenvalue weighted by atomic mass is 16.6. The van der Waals surface area contributed by atoms with Crippen LogP contribution in [-0.2, 0) is 9.53 Å². The van der Waals surface area contributed by atoms with Gasteiger partial charge in [-0.25, -0.2) is 4.79 Å². The Bertz CT molecular complexity index is 565. The van der Waals surface area contributed by atoms with E-state index >= 15 is 0 Å². The Morgan fingerprint density at radius 3 is 2.55 bits per heavy atom. The van der Waals surface area contributed by atoms with E-state index in [-0.39, 0.29) is 23.5 Å². The molecule has 0 spiro atoms. The first-order valence-corrected chi connectivity index (χ1v) is 7.56. The fourth-order valence-corrected chi connectivity index (χ4v) is 3.00. The zero-order chi connectivity index (χ0) is 16.1. The first-order chi connectivity index (χ1) is 10.5. The van der Waals surface area contributed by atoms with Gasteiger partial charge in [-0.15, -0.1) is 0 Å². The molecule has 0 aliphatic heterocycles. The number of hydrogen-bond acceptors (Lipinski definition) is 4. The van der Waals surface area contributed by atoms with Crippen molar-refractivity contribution in [2.24, 2.45) is 5.92 Å². The lowest BCUT2D eigenvalue weighted by molar-refractivity contribution is -0.384. The third-order valence-electron chi connectivity index (χ3n) is 4.22. The van der Waals surface area contributed by atoms with E-state index in [1.165, 1.54) is 0 Å². The summed E-state index contributed by atoms with van der Waals surface area (Å²) in [5, 5.41) is 10.7.